The van der Waals surface area contributed by atoms with E-state index in [1.54, 1.807) is 6.92 Å². The number of hydrogen-bond acceptors (Lipinski definition) is 3. The van der Waals surface area contributed by atoms with E-state index in [0.717, 1.165) is 12.8 Å². The van der Waals surface area contributed by atoms with Crippen molar-refractivity contribution in [3.63, 3.8) is 0 Å². The van der Waals surface area contributed by atoms with Gasteiger partial charge in [-0.2, -0.15) is 13.2 Å². The number of likely N-dealkylation sites (tertiary alicyclic amines) is 1. The lowest BCUT2D eigenvalue weighted by Crippen LogP contribution is -2.50. The fraction of sp³-hybridized carbons (Fsp3) is 0.900. The van der Waals surface area contributed by atoms with E-state index < -0.39 is 24.7 Å². The normalized spacial score (nSPS) is 23.7. The minimum Gasteiger partial charge on any atom is -0.346 e. The molecule has 2 unspecified atom stereocenters. The molecule has 0 aromatic heterocycles. The Labute approximate surface area is 98.3 Å². The van der Waals surface area contributed by atoms with Crippen molar-refractivity contribution in [2.75, 3.05) is 19.6 Å². The molecule has 0 spiro atoms. The van der Waals surface area contributed by atoms with Gasteiger partial charge in [-0.1, -0.05) is 0 Å². The van der Waals surface area contributed by atoms with Crippen molar-refractivity contribution < 1.29 is 18.0 Å². The van der Waals surface area contributed by atoms with Gasteiger partial charge in [0, 0.05) is 12.6 Å². The van der Waals surface area contributed by atoms with Gasteiger partial charge in [-0.3, -0.25) is 9.69 Å². The van der Waals surface area contributed by atoms with E-state index in [-0.39, 0.29) is 6.04 Å². The molecule has 4 nitrogen and oxygen atoms in total. The summed E-state index contributed by atoms with van der Waals surface area (Å²) >= 11 is 0. The number of nitrogens with two attached hydrogens (primary N) is 1. The Morgan fingerprint density at radius 2 is 2.24 bits per heavy atom. The molecule has 1 aliphatic rings. The smallest absolute Gasteiger partial charge is 0.346 e. The second kappa shape index (κ2) is 5.68. The van der Waals surface area contributed by atoms with Crippen LogP contribution in [0.15, 0.2) is 0 Å². The highest BCUT2D eigenvalue weighted by Crippen LogP contribution is 2.19. The van der Waals surface area contributed by atoms with Gasteiger partial charge in [0.05, 0.1) is 6.04 Å². The summed E-state index contributed by atoms with van der Waals surface area (Å²) in [5.41, 5.74) is 5.55. The first-order valence-electron chi connectivity index (χ1n) is 5.65. The molecule has 100 valence electrons. The summed E-state index contributed by atoms with van der Waals surface area (Å²) in [5.74, 6) is -0.595. The fourth-order valence-electron chi connectivity index (χ4n) is 2.11. The second-order valence-corrected chi connectivity index (χ2v) is 4.28. The summed E-state index contributed by atoms with van der Waals surface area (Å²) in [7, 11) is 0. The third kappa shape index (κ3) is 4.16. The first kappa shape index (κ1) is 14.2. The van der Waals surface area contributed by atoms with E-state index in [4.69, 9.17) is 5.73 Å². The van der Waals surface area contributed by atoms with Crippen LogP contribution in [-0.4, -0.2) is 48.7 Å². The molecule has 17 heavy (non-hydrogen) atoms. The van der Waals surface area contributed by atoms with Gasteiger partial charge in [0.1, 0.15) is 6.54 Å². The van der Waals surface area contributed by atoms with Gasteiger partial charge in [-0.25, -0.2) is 0 Å². The largest absolute Gasteiger partial charge is 0.405 e. The van der Waals surface area contributed by atoms with Crippen LogP contribution in [0.2, 0.25) is 0 Å². The van der Waals surface area contributed by atoms with Crippen molar-refractivity contribution >= 4 is 5.91 Å². The standard InChI is InChI=1S/C10H18F3N3O/c1-7(9(17)15-6-10(11,12)13)16-4-2-3-8(16)5-14/h7-8H,2-6,14H2,1H3,(H,15,17). The Morgan fingerprint density at radius 3 is 2.76 bits per heavy atom. The number of halogens is 3. The fourth-order valence-corrected chi connectivity index (χ4v) is 2.11. The number of carbonyl (C=O) groups is 1. The van der Waals surface area contributed by atoms with Gasteiger partial charge in [0.25, 0.3) is 0 Å². The molecule has 7 heteroatoms. The SMILES string of the molecule is CC(C(=O)NCC(F)(F)F)N1CCCC1CN. The Hall–Kier alpha value is -0.820. The van der Waals surface area contributed by atoms with Crippen LogP contribution in [0.5, 0.6) is 0 Å². The minimum absolute atomic E-state index is 0.0987. The first-order chi connectivity index (χ1) is 7.85. The highest BCUT2D eigenvalue weighted by molar-refractivity contribution is 5.81. The third-order valence-corrected chi connectivity index (χ3v) is 3.03. The lowest BCUT2D eigenvalue weighted by Gasteiger charge is -2.29. The van der Waals surface area contributed by atoms with Crippen LogP contribution in [0.4, 0.5) is 13.2 Å². The van der Waals surface area contributed by atoms with Gasteiger partial charge < -0.3 is 11.1 Å². The van der Waals surface area contributed by atoms with Crippen LogP contribution in [0, 0.1) is 0 Å². The number of carbonyl (C=O) groups excluding carboxylic acids is 1. The molecule has 1 heterocycles. The summed E-state index contributed by atoms with van der Waals surface area (Å²) in [6.07, 6.45) is -2.54. The molecule has 0 aliphatic carbocycles. The molecule has 3 N–H and O–H groups in total. The van der Waals surface area contributed by atoms with E-state index in [1.165, 1.54) is 0 Å². The molecule has 0 aromatic rings. The van der Waals surface area contributed by atoms with Gasteiger partial charge in [-0.15, -0.1) is 0 Å². The van der Waals surface area contributed by atoms with Gasteiger partial charge >= 0.3 is 6.18 Å². The van der Waals surface area contributed by atoms with Crippen molar-refractivity contribution in [3.8, 4) is 0 Å². The van der Waals surface area contributed by atoms with E-state index in [1.807, 2.05) is 10.2 Å². The summed E-state index contributed by atoms with van der Waals surface area (Å²) in [6.45, 7) is 1.47. The Bertz CT molecular complexity index is 270. The molecule has 0 bridgehead atoms. The van der Waals surface area contributed by atoms with Crippen molar-refractivity contribution in [1.82, 2.24) is 10.2 Å². The minimum atomic E-state index is -4.37. The van der Waals surface area contributed by atoms with E-state index >= 15 is 0 Å². The highest BCUT2D eigenvalue weighted by Gasteiger charge is 2.33. The predicted molar refractivity (Wildman–Crippen MR) is 57.3 cm³/mol. The number of hydrogen-bond donors (Lipinski definition) is 2. The number of alkyl halides is 3. The maximum atomic E-state index is 12.0. The van der Waals surface area contributed by atoms with Crippen molar-refractivity contribution in [2.24, 2.45) is 5.73 Å². The Morgan fingerprint density at radius 1 is 1.59 bits per heavy atom. The highest BCUT2D eigenvalue weighted by atomic mass is 19.4. The zero-order valence-electron chi connectivity index (χ0n) is 9.76. The zero-order chi connectivity index (χ0) is 13.1. The molecule has 2 atom stereocenters. The monoisotopic (exact) mass is 253 g/mol. The quantitative estimate of drug-likeness (QED) is 0.766. The summed E-state index contributed by atoms with van der Waals surface area (Å²) in [4.78, 5) is 13.4. The van der Waals surface area contributed by atoms with Gasteiger partial charge in [0.2, 0.25) is 5.91 Å². The van der Waals surface area contributed by atoms with Crippen LogP contribution < -0.4 is 11.1 Å². The van der Waals surface area contributed by atoms with Crippen LogP contribution in [-0.2, 0) is 4.79 Å². The van der Waals surface area contributed by atoms with Crippen LogP contribution >= 0.6 is 0 Å². The maximum Gasteiger partial charge on any atom is 0.405 e. The Kier molecular flexibility index (Phi) is 4.76. The van der Waals surface area contributed by atoms with Crippen LogP contribution in [0.25, 0.3) is 0 Å². The third-order valence-electron chi connectivity index (χ3n) is 3.03. The predicted octanol–water partition coefficient (Wildman–Crippen LogP) is 0.477. The Balaban J connectivity index is 2.46. The van der Waals surface area contributed by atoms with Gasteiger partial charge in [-0.05, 0) is 26.3 Å². The van der Waals surface area contributed by atoms with E-state index in [0.29, 0.717) is 13.1 Å². The molecule has 1 rings (SSSR count). The first-order valence-corrected chi connectivity index (χ1v) is 5.65. The molecule has 1 amide bonds. The molecule has 1 fully saturated rings. The zero-order valence-corrected chi connectivity index (χ0v) is 9.76. The van der Waals surface area contributed by atoms with Gasteiger partial charge in [0.15, 0.2) is 0 Å². The molecule has 0 radical (unpaired) electrons. The molecule has 1 aliphatic heterocycles. The topological polar surface area (TPSA) is 58.4 Å². The van der Waals surface area contributed by atoms with Crippen molar-refractivity contribution in [2.45, 2.75) is 38.0 Å². The van der Waals surface area contributed by atoms with E-state index in [9.17, 15) is 18.0 Å². The average molecular weight is 253 g/mol. The molecule has 0 saturated carbocycles. The van der Waals surface area contributed by atoms with Crippen molar-refractivity contribution in [1.29, 1.82) is 0 Å². The van der Waals surface area contributed by atoms with Crippen LogP contribution in [0.3, 0.4) is 0 Å². The number of nitrogens with one attached hydrogen (secondary N) is 1. The number of nitrogens with zero attached hydrogens (tertiary/aromatic N) is 1. The van der Waals surface area contributed by atoms with Crippen molar-refractivity contribution in [3.05, 3.63) is 0 Å². The molecular weight excluding hydrogens is 235 g/mol. The summed E-state index contributed by atoms with van der Waals surface area (Å²) in [5, 5.41) is 1.90. The molecule has 1 saturated heterocycles. The summed E-state index contributed by atoms with van der Waals surface area (Å²) < 4.78 is 35.9. The summed E-state index contributed by atoms with van der Waals surface area (Å²) in [6, 6.07) is -0.463. The molecule has 0 aromatic carbocycles. The second-order valence-electron chi connectivity index (χ2n) is 4.28. The maximum absolute atomic E-state index is 12.0. The number of rotatable bonds is 4. The average Bonchev–Trinajstić information content (AvgIpc) is 2.71. The van der Waals surface area contributed by atoms with Crippen LogP contribution in [0.1, 0.15) is 19.8 Å². The number of amides is 1. The lowest BCUT2D eigenvalue weighted by molar-refractivity contribution is -0.141. The molecular formula is C10H18F3N3O. The lowest BCUT2D eigenvalue weighted by atomic mass is 10.2. The van der Waals surface area contributed by atoms with E-state index in [2.05, 4.69) is 0 Å².